The van der Waals surface area contributed by atoms with E-state index in [1.807, 2.05) is 21.1 Å². The quantitative estimate of drug-likeness (QED) is 0.0544. The first-order valence-electron chi connectivity index (χ1n) is 14.9. The maximum Gasteiger partial charge on any atom is 0.376 e. The van der Waals surface area contributed by atoms with Crippen molar-refractivity contribution >= 4 is 8.03 Å². The van der Waals surface area contributed by atoms with Gasteiger partial charge in [-0.2, -0.15) is 0 Å². The molecular formula is C30H61NO2P+. The highest BCUT2D eigenvalue weighted by molar-refractivity contribution is 7.38. The molecule has 0 heterocycles. The highest BCUT2D eigenvalue weighted by Gasteiger charge is 2.53. The Bertz CT molecular complexity index is 501. The van der Waals surface area contributed by atoms with Gasteiger partial charge in [0, 0.05) is 12.8 Å². The Morgan fingerprint density at radius 1 is 0.588 bits per heavy atom. The topological polar surface area (TPSA) is 40.1 Å². The maximum absolute atomic E-state index is 12.1. The van der Waals surface area contributed by atoms with Crippen LogP contribution in [-0.2, 0) is 4.57 Å². The lowest BCUT2D eigenvalue weighted by Gasteiger charge is -2.39. The van der Waals surface area contributed by atoms with Crippen LogP contribution in [0.15, 0.2) is 12.2 Å². The molecule has 0 aromatic heterocycles. The second-order valence-corrected chi connectivity index (χ2v) is 12.8. The predicted octanol–water partition coefficient (Wildman–Crippen LogP) is 9.67. The fraction of sp³-hybridized carbons (Fsp3) is 0.933. The first-order chi connectivity index (χ1) is 16.3. The third-order valence-corrected chi connectivity index (χ3v) is 9.30. The average Bonchev–Trinajstić information content (AvgIpc) is 2.78. The molecule has 0 aliphatic rings. The van der Waals surface area contributed by atoms with E-state index in [0.29, 0.717) is 4.48 Å². The molecule has 0 amide bonds. The van der Waals surface area contributed by atoms with Gasteiger partial charge in [0.05, 0.1) is 21.1 Å². The van der Waals surface area contributed by atoms with Gasteiger partial charge in [-0.1, -0.05) is 120 Å². The van der Waals surface area contributed by atoms with Gasteiger partial charge in [0.1, 0.15) is 0 Å². The molecule has 0 radical (unpaired) electrons. The fourth-order valence-electron chi connectivity index (χ4n) is 5.16. The Labute approximate surface area is 215 Å². The molecule has 34 heavy (non-hydrogen) atoms. The molecule has 0 saturated carbocycles. The van der Waals surface area contributed by atoms with E-state index in [2.05, 4.69) is 26.0 Å². The second-order valence-electron chi connectivity index (χ2n) is 11.5. The minimum Gasteiger partial charge on any atom is -0.590 e. The molecule has 0 fully saturated rings. The molecule has 0 saturated heterocycles. The van der Waals surface area contributed by atoms with Crippen LogP contribution in [0.3, 0.4) is 0 Å². The van der Waals surface area contributed by atoms with Crippen molar-refractivity contribution < 1.29 is 13.9 Å². The fourth-order valence-corrected chi connectivity index (χ4v) is 6.40. The van der Waals surface area contributed by atoms with E-state index < -0.39 is 13.3 Å². The molecular weight excluding hydrogens is 437 g/mol. The molecule has 0 aliphatic carbocycles. The minimum absolute atomic E-state index is 0.517. The van der Waals surface area contributed by atoms with Crippen LogP contribution in [0.5, 0.6) is 0 Å². The van der Waals surface area contributed by atoms with Gasteiger partial charge in [0.15, 0.2) is 0 Å². The van der Waals surface area contributed by atoms with E-state index in [4.69, 9.17) is 0 Å². The summed E-state index contributed by atoms with van der Waals surface area (Å²) in [4.78, 5) is 12.1. The van der Waals surface area contributed by atoms with Crippen LogP contribution in [0, 0.1) is 0 Å². The van der Waals surface area contributed by atoms with Crippen molar-refractivity contribution in [2.45, 2.75) is 160 Å². The zero-order valence-electron chi connectivity index (χ0n) is 23.9. The van der Waals surface area contributed by atoms with Crippen molar-refractivity contribution in [1.82, 2.24) is 0 Å². The lowest BCUT2D eigenvalue weighted by atomic mass is 9.99. The highest BCUT2D eigenvalue weighted by Crippen LogP contribution is 2.45. The monoisotopic (exact) mass is 498 g/mol. The van der Waals surface area contributed by atoms with Crippen molar-refractivity contribution in [2.75, 3.05) is 21.1 Å². The van der Waals surface area contributed by atoms with Crippen LogP contribution in [0.2, 0.25) is 0 Å². The van der Waals surface area contributed by atoms with Gasteiger partial charge in [0.2, 0.25) is 0 Å². The van der Waals surface area contributed by atoms with Crippen molar-refractivity contribution in [3.05, 3.63) is 12.2 Å². The Hall–Kier alpha value is -0.240. The van der Waals surface area contributed by atoms with Crippen LogP contribution in [0.1, 0.15) is 155 Å². The number of quaternary nitrogens is 1. The van der Waals surface area contributed by atoms with Crippen molar-refractivity contribution in [2.24, 2.45) is 0 Å². The van der Waals surface area contributed by atoms with Crippen molar-refractivity contribution in [3.63, 3.8) is 0 Å². The largest absolute Gasteiger partial charge is 0.590 e. The summed E-state index contributed by atoms with van der Waals surface area (Å²) in [7, 11) is 3.67. The molecule has 4 heteroatoms. The van der Waals surface area contributed by atoms with Gasteiger partial charge < -0.3 is 4.89 Å². The first kappa shape index (κ1) is 33.8. The zero-order valence-corrected chi connectivity index (χ0v) is 24.8. The van der Waals surface area contributed by atoms with Gasteiger partial charge >= 0.3 is 8.03 Å². The molecule has 2 atom stereocenters. The third-order valence-electron chi connectivity index (χ3n) is 7.58. The third kappa shape index (κ3) is 16.4. The summed E-state index contributed by atoms with van der Waals surface area (Å²) in [6, 6.07) is 0. The molecule has 0 aromatic carbocycles. The highest BCUT2D eigenvalue weighted by atomic mass is 31.1. The van der Waals surface area contributed by atoms with E-state index in [9.17, 15) is 9.46 Å². The van der Waals surface area contributed by atoms with Crippen LogP contribution in [0.25, 0.3) is 0 Å². The van der Waals surface area contributed by atoms with Gasteiger partial charge in [-0.05, 0) is 38.5 Å². The molecule has 2 unspecified atom stereocenters. The molecule has 0 spiro atoms. The van der Waals surface area contributed by atoms with E-state index in [1.54, 1.807) is 0 Å². The van der Waals surface area contributed by atoms with Crippen LogP contribution in [0.4, 0.5) is 0 Å². The molecule has 0 bridgehead atoms. The number of hydrogen-bond donors (Lipinski definition) is 0. The van der Waals surface area contributed by atoms with E-state index in [-0.39, 0.29) is 0 Å². The lowest BCUT2D eigenvalue weighted by Crippen LogP contribution is -2.55. The molecule has 3 nitrogen and oxygen atoms in total. The van der Waals surface area contributed by atoms with Crippen LogP contribution >= 0.6 is 8.03 Å². The van der Waals surface area contributed by atoms with E-state index >= 15 is 0 Å². The number of unbranched alkanes of at least 4 members (excludes halogenated alkanes) is 17. The number of allylic oxidation sites excluding steroid dienone is 2. The standard InChI is InChI=1S/C30H61NO2P/c1-6-8-9-10-11-12-13-14-15-16-17-18-19-20-21-22-23-24-25-26-27-29-30(28-7-2,34(32)33)31(3,4)5/h20-21H,6-19,22-29H2,1-5H3/q+1/b21-20-. The number of rotatable bonds is 25. The maximum atomic E-state index is 12.1. The number of hydrogen-bond acceptors (Lipinski definition) is 2. The molecule has 0 aliphatic heterocycles. The van der Waals surface area contributed by atoms with Gasteiger partial charge in [0.25, 0.3) is 5.28 Å². The molecule has 202 valence electrons. The molecule has 0 N–H and O–H groups in total. The van der Waals surface area contributed by atoms with E-state index in [1.165, 1.54) is 109 Å². The smallest absolute Gasteiger partial charge is 0.376 e. The van der Waals surface area contributed by atoms with Crippen LogP contribution < -0.4 is 4.89 Å². The normalized spacial score (nSPS) is 14.6. The summed E-state index contributed by atoms with van der Waals surface area (Å²) >= 11 is 0. The summed E-state index contributed by atoms with van der Waals surface area (Å²) < 4.78 is 12.6. The Kier molecular flexibility index (Phi) is 21.8. The van der Waals surface area contributed by atoms with Crippen molar-refractivity contribution in [3.8, 4) is 0 Å². The minimum atomic E-state index is -2.43. The van der Waals surface area contributed by atoms with Crippen LogP contribution in [-0.4, -0.2) is 30.9 Å². The molecule has 0 rings (SSSR count). The number of nitrogens with zero attached hydrogens (tertiary/aromatic N) is 1. The summed E-state index contributed by atoms with van der Waals surface area (Å²) in [5.74, 6) is 0. The summed E-state index contributed by atoms with van der Waals surface area (Å²) in [5.41, 5.74) is 0. The first-order valence-corrected chi connectivity index (χ1v) is 16.1. The lowest BCUT2D eigenvalue weighted by molar-refractivity contribution is -0.910. The van der Waals surface area contributed by atoms with E-state index in [0.717, 1.165) is 32.1 Å². The zero-order chi connectivity index (χ0) is 25.5. The van der Waals surface area contributed by atoms with Gasteiger partial charge in [-0.3, -0.25) is 4.48 Å². The van der Waals surface area contributed by atoms with Gasteiger partial charge in [-0.15, -0.1) is 0 Å². The Morgan fingerprint density at radius 2 is 0.971 bits per heavy atom. The Balaban J connectivity index is 3.59. The predicted molar refractivity (Wildman–Crippen MR) is 150 cm³/mol. The van der Waals surface area contributed by atoms with Gasteiger partial charge in [-0.25, -0.2) is 0 Å². The summed E-state index contributed by atoms with van der Waals surface area (Å²) in [6.07, 6.45) is 32.6. The second kappa shape index (κ2) is 22.0. The summed E-state index contributed by atoms with van der Waals surface area (Å²) in [6.45, 7) is 4.38. The average molecular weight is 499 g/mol. The SMILES string of the molecule is CCCCCCCCCCCCCC/C=C\CCCCCCCC(CCC)([P+](=O)[O-])[N+](C)(C)C. The Morgan fingerprint density at radius 3 is 1.32 bits per heavy atom. The molecule has 0 aromatic rings. The van der Waals surface area contributed by atoms with Crippen molar-refractivity contribution in [1.29, 1.82) is 0 Å². The summed E-state index contributed by atoms with van der Waals surface area (Å²) in [5, 5.41) is -0.597.